The number of allylic oxidation sites excluding steroid dienone is 1. The van der Waals surface area contributed by atoms with E-state index in [2.05, 4.69) is 26.0 Å². The highest BCUT2D eigenvalue weighted by Crippen LogP contribution is 2.60. The van der Waals surface area contributed by atoms with E-state index in [-0.39, 0.29) is 28.2 Å². The van der Waals surface area contributed by atoms with Crippen LogP contribution in [-0.2, 0) is 24.3 Å². The fourth-order valence-electron chi connectivity index (χ4n) is 6.27. The van der Waals surface area contributed by atoms with Gasteiger partial charge in [0.1, 0.15) is 5.54 Å². The van der Waals surface area contributed by atoms with Gasteiger partial charge in [-0.3, -0.25) is 4.79 Å². The average molecular weight is 539 g/mol. The summed E-state index contributed by atoms with van der Waals surface area (Å²) in [6.45, 7) is 3.18. The maximum absolute atomic E-state index is 13.3. The van der Waals surface area contributed by atoms with Crippen LogP contribution in [0.2, 0.25) is 0 Å². The molecule has 4 aliphatic rings. The highest BCUT2D eigenvalue weighted by molar-refractivity contribution is 9.10. The van der Waals surface area contributed by atoms with Gasteiger partial charge in [0.15, 0.2) is 0 Å². The fraction of sp³-hybridized carbons (Fsp3) is 0.583. The number of carbonyl (C=O) groups is 2. The molecule has 4 fully saturated rings. The predicted molar refractivity (Wildman–Crippen MR) is 128 cm³/mol. The molecule has 0 aliphatic heterocycles. The Hall–Kier alpha value is -1.71. The molecule has 2 unspecified atom stereocenters. The Morgan fingerprint density at radius 1 is 1.15 bits per heavy atom. The zero-order chi connectivity index (χ0) is 24.0. The second-order valence-electron chi connectivity index (χ2n) is 10.3. The molecular formula is C24H31BrN2O5S. The molecule has 1 aromatic carbocycles. The minimum Gasteiger partial charge on any atom is -0.466 e. The van der Waals surface area contributed by atoms with E-state index in [1.807, 2.05) is 6.08 Å². The number of amides is 1. The first-order chi connectivity index (χ1) is 15.4. The number of benzene rings is 1. The van der Waals surface area contributed by atoms with Crippen molar-refractivity contribution in [3.05, 3.63) is 40.9 Å². The van der Waals surface area contributed by atoms with Crippen LogP contribution in [0, 0.1) is 23.2 Å². The number of rotatable bonds is 7. The SMILES string of the molecule is COC(=O)/C=C/C12CC3CC(C1)C(NC(=O)C(C)(C)NS(=O)(=O)c1ccccc1Br)C(C3)C2. The zero-order valence-electron chi connectivity index (χ0n) is 19.1. The molecule has 33 heavy (non-hydrogen) atoms. The number of methoxy groups -OCH3 is 1. The summed E-state index contributed by atoms with van der Waals surface area (Å²) >= 11 is 3.28. The fourth-order valence-corrected chi connectivity index (χ4v) is 8.65. The molecule has 0 aromatic heterocycles. The Morgan fingerprint density at radius 3 is 2.39 bits per heavy atom. The molecular weight excluding hydrogens is 508 g/mol. The lowest BCUT2D eigenvalue weighted by Gasteiger charge is -2.59. The second kappa shape index (κ2) is 8.82. The zero-order valence-corrected chi connectivity index (χ0v) is 21.5. The van der Waals surface area contributed by atoms with Crippen molar-refractivity contribution in [1.29, 1.82) is 0 Å². The topological polar surface area (TPSA) is 102 Å². The average Bonchev–Trinajstić information content (AvgIpc) is 2.73. The first-order valence-electron chi connectivity index (χ1n) is 11.3. The van der Waals surface area contributed by atoms with Crippen LogP contribution in [0.1, 0.15) is 46.0 Å². The highest BCUT2D eigenvalue weighted by Gasteiger charge is 2.55. The van der Waals surface area contributed by atoms with Crippen LogP contribution in [0.15, 0.2) is 45.8 Å². The van der Waals surface area contributed by atoms with Gasteiger partial charge in [0.2, 0.25) is 15.9 Å². The molecule has 2 atom stereocenters. The van der Waals surface area contributed by atoms with Gasteiger partial charge in [0, 0.05) is 16.6 Å². The van der Waals surface area contributed by atoms with Crippen LogP contribution >= 0.6 is 15.9 Å². The van der Waals surface area contributed by atoms with E-state index in [4.69, 9.17) is 4.74 Å². The third-order valence-electron chi connectivity index (χ3n) is 7.48. The van der Waals surface area contributed by atoms with Gasteiger partial charge in [0.25, 0.3) is 0 Å². The number of sulfonamides is 1. The number of nitrogens with one attached hydrogen (secondary N) is 2. The van der Waals surface area contributed by atoms with Gasteiger partial charge < -0.3 is 10.1 Å². The number of carbonyl (C=O) groups excluding carboxylic acids is 2. The number of ether oxygens (including phenoxy) is 1. The van der Waals surface area contributed by atoms with E-state index in [1.165, 1.54) is 13.2 Å². The largest absolute Gasteiger partial charge is 0.466 e. The van der Waals surface area contributed by atoms with Crippen molar-refractivity contribution in [3.8, 4) is 0 Å². The maximum atomic E-state index is 13.3. The van der Waals surface area contributed by atoms with E-state index in [1.54, 1.807) is 38.1 Å². The van der Waals surface area contributed by atoms with Crippen LogP contribution in [-0.4, -0.2) is 39.0 Å². The highest BCUT2D eigenvalue weighted by atomic mass is 79.9. The minimum absolute atomic E-state index is 0.0113. The molecule has 2 N–H and O–H groups in total. The Morgan fingerprint density at radius 2 is 1.79 bits per heavy atom. The van der Waals surface area contributed by atoms with Gasteiger partial charge in [-0.1, -0.05) is 18.2 Å². The minimum atomic E-state index is -3.89. The summed E-state index contributed by atoms with van der Waals surface area (Å²) in [6.07, 6.45) is 8.59. The molecule has 0 saturated heterocycles. The number of hydrogen-bond donors (Lipinski definition) is 2. The molecule has 180 valence electrons. The van der Waals surface area contributed by atoms with Crippen molar-refractivity contribution >= 4 is 37.8 Å². The van der Waals surface area contributed by atoms with Crippen molar-refractivity contribution in [2.45, 2.75) is 62.4 Å². The second-order valence-corrected chi connectivity index (χ2v) is 12.9. The van der Waals surface area contributed by atoms with Crippen molar-refractivity contribution in [1.82, 2.24) is 10.0 Å². The third kappa shape index (κ3) is 4.91. The summed E-state index contributed by atoms with van der Waals surface area (Å²) in [6, 6.07) is 6.55. The van der Waals surface area contributed by atoms with Gasteiger partial charge in [-0.15, -0.1) is 0 Å². The molecule has 4 saturated carbocycles. The van der Waals surface area contributed by atoms with Crippen molar-refractivity contribution < 1.29 is 22.7 Å². The van der Waals surface area contributed by atoms with Gasteiger partial charge in [-0.05, 0) is 97.2 Å². The Labute approximate surface area is 203 Å². The molecule has 1 aromatic rings. The molecule has 0 heterocycles. The van der Waals surface area contributed by atoms with Crippen LogP contribution in [0.3, 0.4) is 0 Å². The van der Waals surface area contributed by atoms with E-state index in [9.17, 15) is 18.0 Å². The first-order valence-corrected chi connectivity index (χ1v) is 13.6. The van der Waals surface area contributed by atoms with Crippen LogP contribution < -0.4 is 10.0 Å². The normalized spacial score (nSPS) is 31.0. The summed E-state index contributed by atoms with van der Waals surface area (Å²) < 4.78 is 33.7. The van der Waals surface area contributed by atoms with Crippen molar-refractivity contribution in [3.63, 3.8) is 0 Å². The number of esters is 1. The Balaban J connectivity index is 1.46. The molecule has 4 aliphatic carbocycles. The molecule has 1 amide bonds. The summed E-state index contributed by atoms with van der Waals surface area (Å²) in [5, 5.41) is 3.19. The van der Waals surface area contributed by atoms with Gasteiger partial charge in [-0.25, -0.2) is 13.2 Å². The molecule has 0 spiro atoms. The Kier molecular flexibility index (Phi) is 6.52. The van der Waals surface area contributed by atoms with Gasteiger partial charge in [-0.2, -0.15) is 4.72 Å². The van der Waals surface area contributed by atoms with Crippen LogP contribution in [0.5, 0.6) is 0 Å². The van der Waals surface area contributed by atoms with E-state index < -0.39 is 15.6 Å². The summed E-state index contributed by atoms with van der Waals surface area (Å²) in [7, 11) is -2.51. The molecule has 9 heteroatoms. The van der Waals surface area contributed by atoms with E-state index >= 15 is 0 Å². The lowest BCUT2D eigenvalue weighted by molar-refractivity contribution is -0.135. The monoisotopic (exact) mass is 538 g/mol. The molecule has 7 nitrogen and oxygen atoms in total. The van der Waals surface area contributed by atoms with Gasteiger partial charge >= 0.3 is 5.97 Å². The molecule has 4 bridgehead atoms. The maximum Gasteiger partial charge on any atom is 0.330 e. The lowest BCUT2D eigenvalue weighted by atomic mass is 9.48. The Bertz CT molecular complexity index is 1070. The molecule has 0 radical (unpaired) electrons. The van der Waals surface area contributed by atoms with Crippen molar-refractivity contribution in [2.24, 2.45) is 23.2 Å². The van der Waals surface area contributed by atoms with Crippen LogP contribution in [0.25, 0.3) is 0 Å². The van der Waals surface area contributed by atoms with Gasteiger partial charge in [0.05, 0.1) is 12.0 Å². The summed E-state index contributed by atoms with van der Waals surface area (Å²) in [5.41, 5.74) is -1.33. The quantitative estimate of drug-likeness (QED) is 0.408. The standard InChI is InChI=1S/C24H31BrN2O5S/c1-23(2,27-33(30,31)19-7-5-4-6-18(19)25)22(29)26-21-16-10-15-11-17(21)14-24(12-15,13-16)9-8-20(28)32-3/h4-9,15-17,21,27H,10-14H2,1-3H3,(H,26,29)/b9-8+. The smallest absolute Gasteiger partial charge is 0.330 e. The predicted octanol–water partition coefficient (Wildman–Crippen LogP) is 3.55. The van der Waals surface area contributed by atoms with E-state index in [0.717, 1.165) is 32.1 Å². The lowest BCUT2D eigenvalue weighted by Crippen LogP contribution is -2.63. The third-order valence-corrected chi connectivity index (χ3v) is 10.1. The first kappa shape index (κ1) is 24.4. The molecule has 5 rings (SSSR count). The summed E-state index contributed by atoms with van der Waals surface area (Å²) in [5.74, 6) is 0.570. The number of hydrogen-bond acceptors (Lipinski definition) is 5. The van der Waals surface area contributed by atoms with Crippen LogP contribution in [0.4, 0.5) is 0 Å². The van der Waals surface area contributed by atoms with Crippen molar-refractivity contribution in [2.75, 3.05) is 7.11 Å². The van der Waals surface area contributed by atoms with E-state index in [0.29, 0.717) is 22.2 Å². The number of halogens is 1. The summed E-state index contributed by atoms with van der Waals surface area (Å²) in [4.78, 5) is 25.0.